The predicted molar refractivity (Wildman–Crippen MR) is 79.7 cm³/mol. The molecule has 1 aromatic rings. The number of hydrogen-bond acceptors (Lipinski definition) is 3. The van der Waals surface area contributed by atoms with Crippen molar-refractivity contribution in [2.45, 2.75) is 39.3 Å². The Hall–Kier alpha value is -1.55. The van der Waals surface area contributed by atoms with Gasteiger partial charge in [-0.25, -0.2) is 4.79 Å². The summed E-state index contributed by atoms with van der Waals surface area (Å²) in [4.78, 5) is 13.9. The number of nitrogens with zero attached hydrogens (tertiary/aromatic N) is 1. The van der Waals surface area contributed by atoms with Crippen LogP contribution in [0.1, 0.15) is 37.9 Å². The summed E-state index contributed by atoms with van der Waals surface area (Å²) in [5.41, 5.74) is 2.05. The molecule has 0 saturated carbocycles. The summed E-state index contributed by atoms with van der Waals surface area (Å²) in [7, 11) is 0. The van der Waals surface area contributed by atoms with Gasteiger partial charge in [-0.1, -0.05) is 24.3 Å². The Bertz CT molecular complexity index is 480. The van der Waals surface area contributed by atoms with Crippen LogP contribution in [-0.4, -0.2) is 36.2 Å². The van der Waals surface area contributed by atoms with Crippen molar-refractivity contribution in [2.75, 3.05) is 19.6 Å². The van der Waals surface area contributed by atoms with Gasteiger partial charge in [0.05, 0.1) is 6.04 Å². The van der Waals surface area contributed by atoms with E-state index in [2.05, 4.69) is 24.4 Å². The molecule has 1 aromatic carbocycles. The van der Waals surface area contributed by atoms with Gasteiger partial charge in [0.1, 0.15) is 5.60 Å². The van der Waals surface area contributed by atoms with Gasteiger partial charge in [-0.3, -0.25) is 0 Å². The van der Waals surface area contributed by atoms with E-state index >= 15 is 0 Å². The molecule has 1 unspecified atom stereocenters. The highest BCUT2D eigenvalue weighted by Crippen LogP contribution is 2.21. The first-order valence-corrected chi connectivity index (χ1v) is 7.13. The Labute approximate surface area is 121 Å². The summed E-state index contributed by atoms with van der Waals surface area (Å²) >= 11 is 0. The molecule has 1 N–H and O–H groups in total. The molecule has 0 aromatic heterocycles. The lowest BCUT2D eigenvalue weighted by Gasteiger charge is -2.35. The first-order chi connectivity index (χ1) is 9.37. The molecule has 20 heavy (non-hydrogen) atoms. The van der Waals surface area contributed by atoms with Gasteiger partial charge in [0.15, 0.2) is 0 Å². The van der Waals surface area contributed by atoms with E-state index in [0.29, 0.717) is 13.1 Å². The van der Waals surface area contributed by atoms with Crippen LogP contribution in [0.3, 0.4) is 0 Å². The van der Waals surface area contributed by atoms with E-state index < -0.39 is 5.60 Å². The van der Waals surface area contributed by atoms with Crippen LogP contribution in [0.5, 0.6) is 0 Å². The topological polar surface area (TPSA) is 41.6 Å². The van der Waals surface area contributed by atoms with E-state index in [1.165, 1.54) is 11.1 Å². The smallest absolute Gasteiger partial charge is 0.410 e. The van der Waals surface area contributed by atoms with Crippen molar-refractivity contribution in [3.63, 3.8) is 0 Å². The fraction of sp³-hybridized carbons (Fsp3) is 0.562. The first kappa shape index (κ1) is 14.9. The molecule has 110 valence electrons. The van der Waals surface area contributed by atoms with Crippen LogP contribution in [0, 0.1) is 6.92 Å². The van der Waals surface area contributed by atoms with E-state index in [0.717, 1.165) is 6.54 Å². The molecule has 1 aliphatic rings. The molecule has 4 nitrogen and oxygen atoms in total. The highest BCUT2D eigenvalue weighted by atomic mass is 16.6. The molecule has 2 rings (SSSR count). The second-order valence-electron chi connectivity index (χ2n) is 6.29. The summed E-state index contributed by atoms with van der Waals surface area (Å²) in [6.07, 6.45) is -0.224. The molecule has 0 spiro atoms. The zero-order chi connectivity index (χ0) is 14.8. The summed E-state index contributed by atoms with van der Waals surface area (Å²) in [5, 5.41) is 3.47. The minimum absolute atomic E-state index is 0.178. The maximum absolute atomic E-state index is 12.2. The van der Waals surface area contributed by atoms with Crippen LogP contribution in [0.4, 0.5) is 4.79 Å². The zero-order valence-electron chi connectivity index (χ0n) is 12.8. The molecule has 0 bridgehead atoms. The second-order valence-corrected chi connectivity index (χ2v) is 6.29. The van der Waals surface area contributed by atoms with Crippen molar-refractivity contribution < 1.29 is 9.53 Å². The van der Waals surface area contributed by atoms with E-state index in [-0.39, 0.29) is 12.1 Å². The average molecular weight is 276 g/mol. The Balaban J connectivity index is 2.06. The standard InChI is InChI=1S/C16H24N2O2/c1-12-7-5-6-8-13(12)14-11-18(10-9-17-14)15(19)20-16(2,3)4/h5-8,14,17H,9-11H2,1-4H3. The lowest BCUT2D eigenvalue weighted by Crippen LogP contribution is -2.49. The lowest BCUT2D eigenvalue weighted by atomic mass is 10.00. The van der Waals surface area contributed by atoms with Gasteiger partial charge in [-0.2, -0.15) is 0 Å². The van der Waals surface area contributed by atoms with Crippen molar-refractivity contribution in [2.24, 2.45) is 0 Å². The summed E-state index contributed by atoms with van der Waals surface area (Å²) in [6, 6.07) is 8.47. The van der Waals surface area contributed by atoms with Gasteiger partial charge in [0, 0.05) is 19.6 Å². The first-order valence-electron chi connectivity index (χ1n) is 7.13. The third-order valence-electron chi connectivity index (χ3n) is 3.39. The molecule has 1 atom stereocenters. The molecule has 1 fully saturated rings. The Morgan fingerprint density at radius 2 is 2.05 bits per heavy atom. The fourth-order valence-electron chi connectivity index (χ4n) is 2.43. The lowest BCUT2D eigenvalue weighted by molar-refractivity contribution is 0.0195. The average Bonchev–Trinajstić information content (AvgIpc) is 2.37. The molecule has 1 saturated heterocycles. The van der Waals surface area contributed by atoms with Gasteiger partial charge >= 0.3 is 6.09 Å². The Kier molecular flexibility index (Phi) is 4.33. The molecular weight excluding hydrogens is 252 g/mol. The van der Waals surface area contributed by atoms with Crippen LogP contribution >= 0.6 is 0 Å². The minimum atomic E-state index is -0.444. The van der Waals surface area contributed by atoms with Crippen molar-refractivity contribution in [1.29, 1.82) is 0 Å². The number of piperazine rings is 1. The monoisotopic (exact) mass is 276 g/mol. The van der Waals surface area contributed by atoms with Crippen molar-refractivity contribution >= 4 is 6.09 Å². The van der Waals surface area contributed by atoms with Crippen molar-refractivity contribution in [3.8, 4) is 0 Å². The number of aryl methyl sites for hydroxylation is 1. The number of benzene rings is 1. The third kappa shape index (κ3) is 3.73. The van der Waals surface area contributed by atoms with Crippen LogP contribution < -0.4 is 5.32 Å². The number of hydrogen-bond donors (Lipinski definition) is 1. The number of nitrogens with one attached hydrogen (secondary N) is 1. The number of ether oxygens (including phenoxy) is 1. The highest BCUT2D eigenvalue weighted by molar-refractivity contribution is 5.68. The minimum Gasteiger partial charge on any atom is -0.444 e. The second kappa shape index (κ2) is 5.83. The van der Waals surface area contributed by atoms with Crippen LogP contribution in [-0.2, 0) is 4.74 Å². The fourth-order valence-corrected chi connectivity index (χ4v) is 2.43. The van der Waals surface area contributed by atoms with Crippen LogP contribution in [0.25, 0.3) is 0 Å². The third-order valence-corrected chi connectivity index (χ3v) is 3.39. The van der Waals surface area contributed by atoms with Gasteiger partial charge in [-0.05, 0) is 38.8 Å². The molecule has 4 heteroatoms. The van der Waals surface area contributed by atoms with Crippen molar-refractivity contribution in [3.05, 3.63) is 35.4 Å². The van der Waals surface area contributed by atoms with Gasteiger partial charge < -0.3 is 15.0 Å². The summed E-state index contributed by atoms with van der Waals surface area (Å²) in [5.74, 6) is 0. The number of carbonyl (C=O) groups excluding carboxylic acids is 1. The Morgan fingerprint density at radius 3 is 2.70 bits per heavy atom. The molecule has 1 aliphatic heterocycles. The molecule has 0 radical (unpaired) electrons. The summed E-state index contributed by atoms with van der Waals surface area (Å²) in [6.45, 7) is 9.92. The molecule has 0 aliphatic carbocycles. The van der Waals surface area contributed by atoms with E-state index in [9.17, 15) is 4.79 Å². The van der Waals surface area contributed by atoms with E-state index in [4.69, 9.17) is 4.74 Å². The maximum atomic E-state index is 12.2. The quantitative estimate of drug-likeness (QED) is 0.857. The zero-order valence-corrected chi connectivity index (χ0v) is 12.8. The Morgan fingerprint density at radius 1 is 1.35 bits per heavy atom. The van der Waals surface area contributed by atoms with E-state index in [1.807, 2.05) is 32.9 Å². The molecule has 1 heterocycles. The molecule has 1 amide bonds. The number of carbonyl (C=O) groups is 1. The van der Waals surface area contributed by atoms with Crippen molar-refractivity contribution in [1.82, 2.24) is 10.2 Å². The highest BCUT2D eigenvalue weighted by Gasteiger charge is 2.28. The number of rotatable bonds is 1. The number of amides is 1. The normalized spacial score (nSPS) is 19.8. The largest absolute Gasteiger partial charge is 0.444 e. The van der Waals surface area contributed by atoms with E-state index in [1.54, 1.807) is 4.90 Å². The molecular formula is C16H24N2O2. The SMILES string of the molecule is Cc1ccccc1C1CN(C(=O)OC(C)(C)C)CCN1. The van der Waals surface area contributed by atoms with Crippen LogP contribution in [0.2, 0.25) is 0 Å². The maximum Gasteiger partial charge on any atom is 0.410 e. The van der Waals surface area contributed by atoms with Gasteiger partial charge in [0.2, 0.25) is 0 Å². The van der Waals surface area contributed by atoms with Crippen LogP contribution in [0.15, 0.2) is 24.3 Å². The predicted octanol–water partition coefficient (Wildman–Crippen LogP) is 2.88. The summed E-state index contributed by atoms with van der Waals surface area (Å²) < 4.78 is 5.45. The van der Waals surface area contributed by atoms with Gasteiger partial charge in [-0.15, -0.1) is 0 Å². The van der Waals surface area contributed by atoms with Gasteiger partial charge in [0.25, 0.3) is 0 Å².